The molecule has 1 spiro atoms. The second-order valence-electron chi connectivity index (χ2n) is 7.23. The van der Waals surface area contributed by atoms with Crippen molar-refractivity contribution in [2.24, 2.45) is 0 Å². The zero-order chi connectivity index (χ0) is 19.0. The monoisotopic (exact) mass is 393 g/mol. The molecular formula is C20H13ClFN5O. The third kappa shape index (κ3) is 1.94. The second kappa shape index (κ2) is 5.20. The molecule has 2 N–H and O–H groups in total. The highest BCUT2D eigenvalue weighted by Gasteiger charge is 2.60. The first-order valence-corrected chi connectivity index (χ1v) is 9.28. The molecule has 3 aromatic heterocycles. The van der Waals surface area contributed by atoms with Gasteiger partial charge in [0.2, 0.25) is 0 Å². The number of aromatic nitrogens is 4. The third-order valence-electron chi connectivity index (χ3n) is 5.67. The van der Waals surface area contributed by atoms with E-state index >= 15 is 0 Å². The van der Waals surface area contributed by atoms with Crippen LogP contribution in [-0.4, -0.2) is 20.2 Å². The Labute approximate surface area is 163 Å². The summed E-state index contributed by atoms with van der Waals surface area (Å²) in [6.45, 7) is 0. The SMILES string of the molecule is O=c1[nH]c2c(cc1-c1cc(Cl)ccc1F)N(c1ccnc3[nH]ncc13)C21CC1. The van der Waals surface area contributed by atoms with Crippen LogP contribution >= 0.6 is 11.6 Å². The van der Waals surface area contributed by atoms with E-state index in [1.54, 1.807) is 18.5 Å². The molecule has 1 aliphatic heterocycles. The van der Waals surface area contributed by atoms with Crippen LogP contribution in [0.2, 0.25) is 5.02 Å². The van der Waals surface area contributed by atoms with E-state index in [-0.39, 0.29) is 22.2 Å². The maximum Gasteiger partial charge on any atom is 0.256 e. The van der Waals surface area contributed by atoms with E-state index < -0.39 is 5.82 Å². The Morgan fingerprint density at radius 1 is 1.14 bits per heavy atom. The van der Waals surface area contributed by atoms with Crippen molar-refractivity contribution in [2.45, 2.75) is 18.4 Å². The first-order chi connectivity index (χ1) is 13.6. The molecule has 1 fully saturated rings. The standard InChI is InChI=1S/C20H13ClFN5O/c21-10-1-2-14(22)11(7-10)12-8-16-17(25-19(12)28)20(4-5-20)27(16)15-3-6-23-18-13(15)9-24-26-18/h1-3,6-9H,4-5H2,(H,25,28)(H,23,24,26). The van der Waals surface area contributed by atoms with Gasteiger partial charge in [0.05, 0.1) is 39.8 Å². The van der Waals surface area contributed by atoms with Gasteiger partial charge < -0.3 is 9.88 Å². The number of aromatic amines is 2. The van der Waals surface area contributed by atoms with Gasteiger partial charge in [-0.3, -0.25) is 9.89 Å². The quantitative estimate of drug-likeness (QED) is 0.533. The molecule has 0 amide bonds. The highest BCUT2D eigenvalue weighted by molar-refractivity contribution is 6.30. The van der Waals surface area contributed by atoms with Crippen molar-refractivity contribution in [1.82, 2.24) is 20.2 Å². The number of hydrogen-bond donors (Lipinski definition) is 2. The number of halogens is 2. The van der Waals surface area contributed by atoms with Crippen LogP contribution in [-0.2, 0) is 5.54 Å². The predicted octanol–water partition coefficient (Wildman–Crippen LogP) is 4.25. The molecule has 0 unspecified atom stereocenters. The highest BCUT2D eigenvalue weighted by Crippen LogP contribution is 2.65. The maximum atomic E-state index is 14.4. The molecule has 0 radical (unpaired) electrons. The summed E-state index contributed by atoms with van der Waals surface area (Å²) in [4.78, 5) is 22.2. The van der Waals surface area contributed by atoms with Gasteiger partial charge in [-0.25, -0.2) is 9.37 Å². The van der Waals surface area contributed by atoms with Gasteiger partial charge in [-0.2, -0.15) is 5.10 Å². The molecule has 6 rings (SSSR count). The summed E-state index contributed by atoms with van der Waals surface area (Å²) < 4.78 is 14.4. The lowest BCUT2D eigenvalue weighted by Crippen LogP contribution is -2.44. The van der Waals surface area contributed by atoms with E-state index in [2.05, 4.69) is 25.1 Å². The number of fused-ring (bicyclic) bond motifs is 3. The number of nitrogens with one attached hydrogen (secondary N) is 2. The minimum absolute atomic E-state index is 0.191. The van der Waals surface area contributed by atoms with Crippen molar-refractivity contribution >= 4 is 34.0 Å². The average molecular weight is 394 g/mol. The van der Waals surface area contributed by atoms with Crippen LogP contribution in [0, 0.1) is 5.82 Å². The highest BCUT2D eigenvalue weighted by atomic mass is 35.5. The van der Waals surface area contributed by atoms with E-state index in [1.807, 2.05) is 6.07 Å². The molecule has 0 atom stereocenters. The molecule has 1 aromatic carbocycles. The molecule has 6 nitrogen and oxygen atoms in total. The van der Waals surface area contributed by atoms with E-state index in [9.17, 15) is 9.18 Å². The van der Waals surface area contributed by atoms with Gasteiger partial charge in [0.25, 0.3) is 5.56 Å². The minimum atomic E-state index is -0.483. The Morgan fingerprint density at radius 2 is 2.00 bits per heavy atom. The smallest absolute Gasteiger partial charge is 0.256 e. The summed E-state index contributed by atoms with van der Waals surface area (Å²) in [6, 6.07) is 7.90. The number of pyridine rings is 2. The van der Waals surface area contributed by atoms with Crippen LogP contribution < -0.4 is 10.5 Å². The van der Waals surface area contributed by atoms with E-state index in [0.29, 0.717) is 10.7 Å². The number of rotatable bonds is 2. The molecule has 0 bridgehead atoms. The van der Waals surface area contributed by atoms with Crippen molar-refractivity contribution in [3.63, 3.8) is 0 Å². The van der Waals surface area contributed by atoms with Gasteiger partial charge in [-0.05, 0) is 43.2 Å². The average Bonchev–Trinajstić information content (AvgIpc) is 3.37. The fourth-order valence-electron chi connectivity index (χ4n) is 4.23. The number of anilines is 2. The Balaban J connectivity index is 1.58. The molecule has 4 heterocycles. The predicted molar refractivity (Wildman–Crippen MR) is 104 cm³/mol. The van der Waals surface area contributed by atoms with Crippen LogP contribution in [0.1, 0.15) is 18.5 Å². The normalized spacial score (nSPS) is 16.3. The van der Waals surface area contributed by atoms with Crippen LogP contribution in [0.25, 0.3) is 22.2 Å². The third-order valence-corrected chi connectivity index (χ3v) is 5.90. The Morgan fingerprint density at radius 3 is 2.82 bits per heavy atom. The van der Waals surface area contributed by atoms with Gasteiger partial charge in [0.15, 0.2) is 5.65 Å². The van der Waals surface area contributed by atoms with Gasteiger partial charge >= 0.3 is 0 Å². The maximum absolute atomic E-state index is 14.4. The van der Waals surface area contributed by atoms with Crippen LogP contribution in [0.3, 0.4) is 0 Å². The van der Waals surface area contributed by atoms with Gasteiger partial charge in [0.1, 0.15) is 5.82 Å². The Kier molecular flexibility index (Phi) is 2.94. The van der Waals surface area contributed by atoms with E-state index in [1.165, 1.54) is 18.2 Å². The van der Waals surface area contributed by atoms with Gasteiger partial charge in [0, 0.05) is 16.8 Å². The molecule has 0 saturated heterocycles. The summed E-state index contributed by atoms with van der Waals surface area (Å²) in [7, 11) is 0. The lowest BCUT2D eigenvalue weighted by atomic mass is 9.92. The zero-order valence-electron chi connectivity index (χ0n) is 14.5. The fourth-order valence-corrected chi connectivity index (χ4v) is 4.40. The van der Waals surface area contributed by atoms with Crippen molar-refractivity contribution in [2.75, 3.05) is 4.90 Å². The molecule has 1 aliphatic carbocycles. The molecule has 8 heteroatoms. The number of nitrogens with zero attached hydrogens (tertiary/aromatic N) is 3. The summed E-state index contributed by atoms with van der Waals surface area (Å²) >= 11 is 6.03. The summed E-state index contributed by atoms with van der Waals surface area (Å²) in [6.07, 6.45) is 5.37. The van der Waals surface area contributed by atoms with Crippen molar-refractivity contribution in [3.05, 3.63) is 69.6 Å². The largest absolute Gasteiger partial charge is 0.327 e. The minimum Gasteiger partial charge on any atom is -0.327 e. The molecular weight excluding hydrogens is 381 g/mol. The van der Waals surface area contributed by atoms with E-state index in [4.69, 9.17) is 11.6 Å². The van der Waals surface area contributed by atoms with Crippen molar-refractivity contribution < 1.29 is 4.39 Å². The lowest BCUT2D eigenvalue weighted by Gasteiger charge is -2.45. The van der Waals surface area contributed by atoms with Crippen LogP contribution in [0.4, 0.5) is 15.8 Å². The van der Waals surface area contributed by atoms with Gasteiger partial charge in [-0.1, -0.05) is 11.6 Å². The van der Waals surface area contributed by atoms with E-state index in [0.717, 1.165) is 35.3 Å². The molecule has 28 heavy (non-hydrogen) atoms. The number of benzene rings is 1. The van der Waals surface area contributed by atoms with Crippen molar-refractivity contribution in [1.29, 1.82) is 0 Å². The summed E-state index contributed by atoms with van der Waals surface area (Å²) in [5, 5.41) is 8.26. The fraction of sp³-hybridized carbons (Fsp3) is 0.150. The molecule has 1 saturated carbocycles. The number of hydrogen-bond acceptors (Lipinski definition) is 4. The molecule has 138 valence electrons. The van der Waals surface area contributed by atoms with Gasteiger partial charge in [-0.15, -0.1) is 0 Å². The Hall–Kier alpha value is -3.19. The topological polar surface area (TPSA) is 77.7 Å². The van der Waals surface area contributed by atoms with Crippen LogP contribution in [0.15, 0.2) is 47.5 Å². The Bertz CT molecular complexity index is 1340. The molecule has 2 aliphatic rings. The number of H-pyrrole nitrogens is 2. The zero-order valence-corrected chi connectivity index (χ0v) is 15.2. The molecule has 4 aromatic rings. The van der Waals surface area contributed by atoms with Crippen molar-refractivity contribution in [3.8, 4) is 11.1 Å². The first-order valence-electron chi connectivity index (χ1n) is 8.90. The summed E-state index contributed by atoms with van der Waals surface area (Å²) in [5.41, 5.74) is 3.37. The first kappa shape index (κ1) is 15.8. The summed E-state index contributed by atoms with van der Waals surface area (Å²) in [5.74, 6) is -0.483. The van der Waals surface area contributed by atoms with Crippen LogP contribution in [0.5, 0.6) is 0 Å². The lowest BCUT2D eigenvalue weighted by molar-refractivity contribution is 0.605. The second-order valence-corrected chi connectivity index (χ2v) is 7.66.